The van der Waals surface area contributed by atoms with E-state index < -0.39 is 5.97 Å². The Balaban J connectivity index is 0.00000210. The largest absolute Gasteiger partial charge is 1.00 e. The van der Waals surface area contributed by atoms with Crippen LogP contribution in [0.3, 0.4) is 0 Å². The number of aromatic carboxylic acids is 1. The van der Waals surface area contributed by atoms with E-state index >= 15 is 0 Å². The van der Waals surface area contributed by atoms with Gasteiger partial charge in [0.1, 0.15) is 18.2 Å². The van der Waals surface area contributed by atoms with Crippen LogP contribution in [0.25, 0.3) is 11.4 Å². The fourth-order valence-electron chi connectivity index (χ4n) is 3.94. The monoisotopic (exact) mass is 531 g/mol. The first kappa shape index (κ1) is 27.5. The molecule has 0 amide bonds. The minimum Gasteiger partial charge on any atom is -1.00 e. The van der Waals surface area contributed by atoms with Gasteiger partial charge in [-0.05, 0) is 65.0 Å². The standard InChI is InChI=1S/C30H25N3O3S.Na.H/c34-30(35)25-9-4-8-23(18-25)19-33(20-27-10-5-17-37-27)28-15-16-31-29(32-28)24-11-13-26(14-12-24)36-21-22-6-2-1-3-7-22;;/h1-18H,19-21H2,(H,34,35);;/q;+1;-1. The summed E-state index contributed by atoms with van der Waals surface area (Å²) >= 11 is 1.68. The molecule has 0 saturated heterocycles. The van der Waals surface area contributed by atoms with Crippen LogP contribution in [-0.4, -0.2) is 21.0 Å². The second-order valence-corrected chi connectivity index (χ2v) is 9.51. The predicted octanol–water partition coefficient (Wildman–Crippen LogP) is 3.81. The maximum Gasteiger partial charge on any atom is 1.00 e. The van der Waals surface area contributed by atoms with Gasteiger partial charge in [0.05, 0.1) is 12.1 Å². The van der Waals surface area contributed by atoms with Gasteiger partial charge >= 0.3 is 35.5 Å². The molecular formula is C30H26N3NaO3S. The number of ether oxygens (including phenoxy) is 1. The molecule has 2 heterocycles. The molecule has 0 saturated carbocycles. The molecule has 0 unspecified atom stereocenters. The summed E-state index contributed by atoms with van der Waals surface area (Å²) in [6, 6.07) is 30.8. The molecule has 38 heavy (non-hydrogen) atoms. The van der Waals surface area contributed by atoms with Gasteiger partial charge in [-0.3, -0.25) is 0 Å². The molecule has 8 heteroatoms. The van der Waals surface area contributed by atoms with E-state index in [2.05, 4.69) is 16.0 Å². The minimum absolute atomic E-state index is 0. The van der Waals surface area contributed by atoms with Gasteiger partial charge in [-0.2, -0.15) is 0 Å². The average Bonchev–Trinajstić information content (AvgIpc) is 3.46. The van der Waals surface area contributed by atoms with E-state index in [1.54, 1.807) is 35.7 Å². The Bertz CT molecular complexity index is 1470. The smallest absolute Gasteiger partial charge is 1.00 e. The number of carboxylic acid groups (broad SMARTS) is 1. The summed E-state index contributed by atoms with van der Waals surface area (Å²) in [5.41, 5.74) is 3.17. The van der Waals surface area contributed by atoms with E-state index in [1.165, 1.54) is 4.88 Å². The summed E-state index contributed by atoms with van der Waals surface area (Å²) in [6.45, 7) is 1.67. The van der Waals surface area contributed by atoms with Crippen molar-refractivity contribution in [2.45, 2.75) is 19.7 Å². The summed E-state index contributed by atoms with van der Waals surface area (Å²) in [7, 11) is 0. The quantitative estimate of drug-likeness (QED) is 0.276. The molecule has 6 nitrogen and oxygen atoms in total. The number of anilines is 1. The van der Waals surface area contributed by atoms with Crippen LogP contribution in [0.1, 0.15) is 27.8 Å². The van der Waals surface area contributed by atoms with Crippen molar-refractivity contribution in [1.82, 2.24) is 9.97 Å². The SMILES string of the molecule is O=C(O)c1cccc(CN(Cc2cccs2)c2ccnc(-c3ccc(OCc4ccccc4)cc3)n2)c1.[H-].[Na+]. The third kappa shape index (κ3) is 7.30. The van der Waals surface area contributed by atoms with Crippen LogP contribution in [0.5, 0.6) is 5.75 Å². The van der Waals surface area contributed by atoms with Crippen LogP contribution in [0.2, 0.25) is 0 Å². The van der Waals surface area contributed by atoms with Crippen molar-refractivity contribution in [2.75, 3.05) is 4.90 Å². The summed E-state index contributed by atoms with van der Waals surface area (Å²) in [5.74, 6) is 1.22. The Morgan fingerprint density at radius 2 is 1.68 bits per heavy atom. The Morgan fingerprint density at radius 3 is 2.42 bits per heavy atom. The van der Waals surface area contributed by atoms with Crippen molar-refractivity contribution in [3.63, 3.8) is 0 Å². The molecule has 5 aromatic rings. The first-order chi connectivity index (χ1) is 18.1. The second-order valence-electron chi connectivity index (χ2n) is 8.48. The molecule has 186 valence electrons. The van der Waals surface area contributed by atoms with Crippen LogP contribution in [0.4, 0.5) is 5.82 Å². The van der Waals surface area contributed by atoms with Gasteiger partial charge in [-0.15, -0.1) is 11.3 Å². The number of rotatable bonds is 10. The van der Waals surface area contributed by atoms with Crippen molar-refractivity contribution >= 4 is 23.1 Å². The molecule has 0 spiro atoms. The number of benzene rings is 3. The van der Waals surface area contributed by atoms with Crippen LogP contribution < -0.4 is 39.2 Å². The third-order valence-corrected chi connectivity index (χ3v) is 6.66. The van der Waals surface area contributed by atoms with Crippen molar-refractivity contribution in [3.8, 4) is 17.1 Å². The van der Waals surface area contributed by atoms with Gasteiger partial charge in [0.25, 0.3) is 0 Å². The number of hydrogen-bond acceptors (Lipinski definition) is 6. The number of carbonyl (C=O) groups is 1. The van der Waals surface area contributed by atoms with Crippen LogP contribution in [0, 0.1) is 0 Å². The molecule has 0 bridgehead atoms. The van der Waals surface area contributed by atoms with E-state index in [1.807, 2.05) is 78.2 Å². The zero-order valence-corrected chi connectivity index (χ0v) is 23.8. The summed E-state index contributed by atoms with van der Waals surface area (Å²) < 4.78 is 5.91. The van der Waals surface area contributed by atoms with E-state index in [9.17, 15) is 9.90 Å². The number of thiophene rings is 1. The third-order valence-electron chi connectivity index (χ3n) is 5.80. The first-order valence-corrected chi connectivity index (χ1v) is 12.7. The van der Waals surface area contributed by atoms with Gasteiger partial charge in [0.2, 0.25) is 0 Å². The normalized spacial score (nSPS) is 10.4. The van der Waals surface area contributed by atoms with Crippen molar-refractivity contribution < 1.29 is 45.6 Å². The Kier molecular flexibility index (Phi) is 9.67. The van der Waals surface area contributed by atoms with Gasteiger partial charge in [-0.25, -0.2) is 14.8 Å². The molecule has 0 aliphatic heterocycles. The summed E-state index contributed by atoms with van der Waals surface area (Å²) in [5, 5.41) is 11.4. The van der Waals surface area contributed by atoms with E-state index in [0.717, 1.165) is 28.3 Å². The molecule has 0 radical (unpaired) electrons. The fourth-order valence-corrected chi connectivity index (χ4v) is 4.66. The Morgan fingerprint density at radius 1 is 0.895 bits per heavy atom. The molecule has 5 rings (SSSR count). The second kappa shape index (κ2) is 13.3. The first-order valence-electron chi connectivity index (χ1n) is 11.8. The van der Waals surface area contributed by atoms with Gasteiger partial charge in [-0.1, -0.05) is 48.5 Å². The zero-order chi connectivity index (χ0) is 25.5. The van der Waals surface area contributed by atoms with Crippen molar-refractivity contribution in [2.24, 2.45) is 0 Å². The molecule has 0 aliphatic carbocycles. The zero-order valence-electron chi connectivity index (χ0n) is 22.0. The minimum atomic E-state index is -0.938. The van der Waals surface area contributed by atoms with E-state index in [0.29, 0.717) is 25.5 Å². The van der Waals surface area contributed by atoms with Gasteiger partial charge < -0.3 is 16.2 Å². The number of aromatic nitrogens is 2. The van der Waals surface area contributed by atoms with Crippen LogP contribution in [0.15, 0.2) is 109 Å². The molecule has 0 aliphatic rings. The number of hydrogen-bond donors (Lipinski definition) is 1. The number of carboxylic acids is 1. The molecule has 3 aromatic carbocycles. The average molecular weight is 532 g/mol. The van der Waals surface area contributed by atoms with Crippen LogP contribution >= 0.6 is 11.3 Å². The molecule has 0 fully saturated rings. The van der Waals surface area contributed by atoms with Crippen LogP contribution in [-0.2, 0) is 19.7 Å². The molecule has 2 aromatic heterocycles. The molecular weight excluding hydrogens is 505 g/mol. The van der Waals surface area contributed by atoms with Gasteiger partial charge in [0, 0.05) is 23.2 Å². The topological polar surface area (TPSA) is 75.5 Å². The van der Waals surface area contributed by atoms with E-state index in [-0.39, 0.29) is 36.5 Å². The Hall–Kier alpha value is -3.49. The summed E-state index contributed by atoms with van der Waals surface area (Å²) in [4.78, 5) is 24.2. The van der Waals surface area contributed by atoms with Crippen molar-refractivity contribution in [3.05, 3.63) is 130 Å². The molecule has 0 atom stereocenters. The van der Waals surface area contributed by atoms with Crippen molar-refractivity contribution in [1.29, 1.82) is 0 Å². The number of nitrogens with zero attached hydrogens (tertiary/aromatic N) is 3. The predicted molar refractivity (Wildman–Crippen MR) is 147 cm³/mol. The van der Waals surface area contributed by atoms with Gasteiger partial charge in [0.15, 0.2) is 5.82 Å². The maximum absolute atomic E-state index is 11.5. The maximum atomic E-state index is 11.5. The fraction of sp³-hybridized carbons (Fsp3) is 0.100. The molecule has 1 N–H and O–H groups in total. The van der Waals surface area contributed by atoms with E-state index in [4.69, 9.17) is 9.72 Å². The Labute approximate surface area is 249 Å². The summed E-state index contributed by atoms with van der Waals surface area (Å²) in [6.07, 6.45) is 1.76.